The summed E-state index contributed by atoms with van der Waals surface area (Å²) < 4.78 is 13.0. The largest absolute Gasteiger partial charge is 0.493 e. The second-order valence-electron chi connectivity index (χ2n) is 7.13. The average molecular weight is 640 g/mol. The molecule has 1 saturated heterocycles. The zero-order valence-electron chi connectivity index (χ0n) is 18.2. The Hall–Kier alpha value is -1.72. The van der Waals surface area contributed by atoms with Crippen molar-refractivity contribution in [2.75, 3.05) is 18.3 Å². The number of ether oxygens (including phenoxy) is 2. The van der Waals surface area contributed by atoms with E-state index in [0.29, 0.717) is 32.4 Å². The van der Waals surface area contributed by atoms with E-state index in [1.165, 1.54) is 11.8 Å². The van der Waals surface area contributed by atoms with Crippen molar-refractivity contribution < 1.29 is 14.3 Å². The summed E-state index contributed by atoms with van der Waals surface area (Å²) in [6, 6.07) is 19.2. The second kappa shape index (κ2) is 11.3. The number of amides is 1. The van der Waals surface area contributed by atoms with Gasteiger partial charge in [-0.05, 0) is 76.9 Å². The minimum Gasteiger partial charge on any atom is -0.493 e. The van der Waals surface area contributed by atoms with E-state index in [1.54, 1.807) is 23.8 Å². The zero-order valence-corrected chi connectivity index (χ0v) is 23.6. The average Bonchev–Trinajstić information content (AvgIpc) is 3.11. The number of hydrogen-bond donors (Lipinski definition) is 0. The lowest BCUT2D eigenvalue weighted by Crippen LogP contribution is -2.27. The van der Waals surface area contributed by atoms with E-state index in [9.17, 15) is 4.79 Å². The van der Waals surface area contributed by atoms with Crippen LogP contribution < -0.4 is 14.4 Å². The molecule has 0 atom stereocenters. The highest BCUT2D eigenvalue weighted by atomic mass is 127. The van der Waals surface area contributed by atoms with Gasteiger partial charge in [0, 0.05) is 15.5 Å². The molecule has 3 aromatic rings. The number of nitrogens with zero attached hydrogens (tertiary/aromatic N) is 1. The van der Waals surface area contributed by atoms with Gasteiger partial charge < -0.3 is 9.47 Å². The van der Waals surface area contributed by atoms with Crippen molar-refractivity contribution in [2.45, 2.75) is 11.5 Å². The third kappa shape index (κ3) is 5.57. The van der Waals surface area contributed by atoms with Gasteiger partial charge in [-0.3, -0.25) is 9.69 Å². The third-order valence-electron chi connectivity index (χ3n) is 4.98. The summed E-state index contributed by atoms with van der Waals surface area (Å²) in [6.45, 7) is 0.319. The first kappa shape index (κ1) is 25.4. The van der Waals surface area contributed by atoms with Gasteiger partial charge in [0.1, 0.15) is 6.61 Å². The maximum absolute atomic E-state index is 13.2. The maximum Gasteiger partial charge on any atom is 0.270 e. The van der Waals surface area contributed by atoms with Crippen molar-refractivity contribution in [1.82, 2.24) is 0 Å². The SMILES string of the molecule is COc1cc(/C=C2/SC(=S)N(c3cccc(SC)c3)C2=O)cc(I)c1OCc1ccccc1Cl. The highest BCUT2D eigenvalue weighted by Crippen LogP contribution is 2.39. The molecule has 0 unspecified atom stereocenters. The number of carbonyl (C=O) groups excluding carboxylic acids is 1. The maximum atomic E-state index is 13.2. The van der Waals surface area contributed by atoms with Gasteiger partial charge in [0.25, 0.3) is 5.91 Å². The Balaban J connectivity index is 1.59. The molecular weight excluding hydrogens is 621 g/mol. The minimum absolute atomic E-state index is 0.138. The van der Waals surface area contributed by atoms with E-state index >= 15 is 0 Å². The number of thioether (sulfide) groups is 2. The van der Waals surface area contributed by atoms with Crippen molar-refractivity contribution in [1.29, 1.82) is 0 Å². The summed E-state index contributed by atoms with van der Waals surface area (Å²) in [5.74, 6) is 1.07. The van der Waals surface area contributed by atoms with Gasteiger partial charge in [-0.1, -0.05) is 59.8 Å². The number of hydrogen-bond acceptors (Lipinski definition) is 6. The molecule has 0 radical (unpaired) electrons. The lowest BCUT2D eigenvalue weighted by Gasteiger charge is -2.15. The Kier molecular flexibility index (Phi) is 8.47. The van der Waals surface area contributed by atoms with Crippen LogP contribution in [-0.4, -0.2) is 23.6 Å². The molecule has 0 spiro atoms. The van der Waals surface area contributed by atoms with Gasteiger partial charge in [-0.15, -0.1) is 11.8 Å². The number of benzene rings is 3. The third-order valence-corrected chi connectivity index (χ3v) is 8.18. The van der Waals surface area contributed by atoms with Gasteiger partial charge in [0.15, 0.2) is 15.8 Å². The molecule has 3 aromatic carbocycles. The molecule has 0 saturated carbocycles. The molecule has 9 heteroatoms. The van der Waals surface area contributed by atoms with Crippen LogP contribution in [0, 0.1) is 3.57 Å². The van der Waals surface area contributed by atoms with Gasteiger partial charge in [-0.2, -0.15) is 0 Å². The van der Waals surface area contributed by atoms with Gasteiger partial charge in [0.05, 0.1) is 21.3 Å². The fourth-order valence-electron chi connectivity index (χ4n) is 3.32. The Labute approximate surface area is 231 Å². The molecular formula is C25H19ClINO3S3. The van der Waals surface area contributed by atoms with Crippen LogP contribution in [0.3, 0.4) is 0 Å². The van der Waals surface area contributed by atoms with Gasteiger partial charge in [-0.25, -0.2) is 0 Å². The van der Waals surface area contributed by atoms with Crippen LogP contribution in [0.4, 0.5) is 5.69 Å². The molecule has 1 aliphatic heterocycles. The molecule has 34 heavy (non-hydrogen) atoms. The molecule has 1 fully saturated rings. The van der Waals surface area contributed by atoms with Crippen LogP contribution in [0.5, 0.6) is 11.5 Å². The zero-order chi connectivity index (χ0) is 24.2. The predicted octanol–water partition coefficient (Wildman–Crippen LogP) is 7.66. The summed E-state index contributed by atoms with van der Waals surface area (Å²) in [5.41, 5.74) is 2.48. The molecule has 1 amide bonds. The summed E-state index contributed by atoms with van der Waals surface area (Å²) in [5, 5.41) is 0.651. The molecule has 0 aliphatic carbocycles. The smallest absolute Gasteiger partial charge is 0.270 e. The van der Waals surface area contributed by atoms with Gasteiger partial charge in [0.2, 0.25) is 0 Å². The van der Waals surface area contributed by atoms with E-state index in [0.717, 1.165) is 25.3 Å². The van der Waals surface area contributed by atoms with Crippen molar-refractivity contribution in [3.05, 3.63) is 85.3 Å². The summed E-state index contributed by atoms with van der Waals surface area (Å²) >= 11 is 16.9. The topological polar surface area (TPSA) is 38.8 Å². The van der Waals surface area contributed by atoms with E-state index in [4.69, 9.17) is 33.3 Å². The minimum atomic E-state index is -0.138. The first-order valence-corrected chi connectivity index (χ1v) is 14.0. The Morgan fingerprint density at radius 1 is 1.18 bits per heavy atom. The number of thiocarbonyl (C=S) groups is 1. The Morgan fingerprint density at radius 2 is 1.97 bits per heavy atom. The first-order valence-electron chi connectivity index (χ1n) is 10.1. The number of carbonyl (C=O) groups is 1. The lowest BCUT2D eigenvalue weighted by molar-refractivity contribution is -0.113. The highest BCUT2D eigenvalue weighted by molar-refractivity contribution is 14.1. The summed E-state index contributed by atoms with van der Waals surface area (Å²) in [4.78, 5) is 16.4. The fourth-order valence-corrected chi connectivity index (χ4v) is 6.04. The van der Waals surface area contributed by atoms with E-state index in [1.807, 2.05) is 73.0 Å². The van der Waals surface area contributed by atoms with E-state index in [2.05, 4.69) is 22.6 Å². The van der Waals surface area contributed by atoms with E-state index < -0.39 is 0 Å². The standard InChI is InChI=1S/C25H19ClINO3S3/c1-30-21-11-15(10-20(27)23(21)31-14-16-6-3-4-9-19(16)26)12-22-24(29)28(25(32)34-22)17-7-5-8-18(13-17)33-2/h3-13H,14H2,1-2H3/b22-12+. The lowest BCUT2D eigenvalue weighted by atomic mass is 10.1. The number of methoxy groups -OCH3 is 1. The molecule has 1 aliphatic rings. The molecule has 4 rings (SSSR count). The van der Waals surface area contributed by atoms with Crippen LogP contribution in [-0.2, 0) is 11.4 Å². The van der Waals surface area contributed by atoms with E-state index in [-0.39, 0.29) is 5.91 Å². The first-order chi connectivity index (χ1) is 16.4. The fraction of sp³-hybridized carbons (Fsp3) is 0.120. The quantitative estimate of drug-likeness (QED) is 0.114. The Bertz CT molecular complexity index is 1300. The molecule has 0 bridgehead atoms. The normalized spacial score (nSPS) is 14.7. The predicted molar refractivity (Wildman–Crippen MR) is 155 cm³/mol. The van der Waals surface area contributed by atoms with Crippen LogP contribution in [0.15, 0.2) is 70.5 Å². The summed E-state index contributed by atoms with van der Waals surface area (Å²) in [7, 11) is 1.59. The second-order valence-corrected chi connectivity index (χ2v) is 11.3. The number of rotatable bonds is 7. The van der Waals surface area contributed by atoms with Crippen molar-refractivity contribution >= 4 is 91.9 Å². The highest BCUT2D eigenvalue weighted by Gasteiger charge is 2.33. The van der Waals surface area contributed by atoms with Crippen LogP contribution in [0.25, 0.3) is 6.08 Å². The molecule has 174 valence electrons. The van der Waals surface area contributed by atoms with Crippen LogP contribution >= 0.6 is 69.9 Å². The molecule has 1 heterocycles. The summed E-state index contributed by atoms with van der Waals surface area (Å²) in [6.07, 6.45) is 3.83. The Morgan fingerprint density at radius 3 is 2.71 bits per heavy atom. The number of halogens is 2. The monoisotopic (exact) mass is 639 g/mol. The molecule has 0 aromatic heterocycles. The number of anilines is 1. The van der Waals surface area contributed by atoms with Crippen LogP contribution in [0.1, 0.15) is 11.1 Å². The van der Waals surface area contributed by atoms with Crippen LogP contribution in [0.2, 0.25) is 5.02 Å². The molecule has 0 N–H and O–H groups in total. The molecule has 4 nitrogen and oxygen atoms in total. The van der Waals surface area contributed by atoms with Crippen molar-refractivity contribution in [3.63, 3.8) is 0 Å². The van der Waals surface area contributed by atoms with Crippen molar-refractivity contribution in [2.24, 2.45) is 0 Å². The van der Waals surface area contributed by atoms with Crippen molar-refractivity contribution in [3.8, 4) is 11.5 Å². The van der Waals surface area contributed by atoms with Gasteiger partial charge >= 0.3 is 0 Å².